The Morgan fingerprint density at radius 1 is 1.33 bits per heavy atom. The maximum Gasteiger partial charge on any atom is 0.243 e. The highest BCUT2D eigenvalue weighted by molar-refractivity contribution is 7.89. The van der Waals surface area contributed by atoms with Crippen molar-refractivity contribution in [3.8, 4) is 0 Å². The van der Waals surface area contributed by atoms with Gasteiger partial charge in [-0.15, -0.1) is 0 Å². The van der Waals surface area contributed by atoms with Gasteiger partial charge >= 0.3 is 0 Å². The Balaban J connectivity index is 2.28. The fourth-order valence-corrected chi connectivity index (χ4v) is 4.30. The van der Waals surface area contributed by atoms with E-state index in [0.29, 0.717) is 18.7 Å². The molecular formula is C15H24N2O3S. The molecule has 6 heteroatoms. The largest absolute Gasteiger partial charge is 0.392 e. The van der Waals surface area contributed by atoms with Gasteiger partial charge in [0, 0.05) is 19.1 Å². The summed E-state index contributed by atoms with van der Waals surface area (Å²) in [6.45, 7) is 2.94. The molecule has 0 aromatic heterocycles. The van der Waals surface area contributed by atoms with Crippen molar-refractivity contribution in [1.29, 1.82) is 0 Å². The second-order valence-corrected chi connectivity index (χ2v) is 7.65. The van der Waals surface area contributed by atoms with Crippen LogP contribution < -0.4 is 0 Å². The van der Waals surface area contributed by atoms with Crippen LogP contribution in [0.1, 0.15) is 24.5 Å². The first-order valence-electron chi connectivity index (χ1n) is 7.29. The van der Waals surface area contributed by atoms with Gasteiger partial charge in [-0.2, -0.15) is 4.31 Å². The smallest absolute Gasteiger partial charge is 0.243 e. The summed E-state index contributed by atoms with van der Waals surface area (Å²) in [5.74, 6) is 0. The molecular weight excluding hydrogens is 288 g/mol. The topological polar surface area (TPSA) is 60.9 Å². The lowest BCUT2D eigenvalue weighted by molar-refractivity contribution is 0.280. The van der Waals surface area contributed by atoms with Gasteiger partial charge in [0.2, 0.25) is 10.0 Å². The summed E-state index contributed by atoms with van der Waals surface area (Å²) in [4.78, 5) is 2.35. The lowest BCUT2D eigenvalue weighted by atomic mass is 10.1. The van der Waals surface area contributed by atoms with Gasteiger partial charge in [-0.05, 0) is 50.2 Å². The van der Waals surface area contributed by atoms with Crippen molar-refractivity contribution in [2.24, 2.45) is 0 Å². The maximum atomic E-state index is 12.7. The van der Waals surface area contributed by atoms with Gasteiger partial charge in [0.05, 0.1) is 11.5 Å². The van der Waals surface area contributed by atoms with Gasteiger partial charge < -0.3 is 10.0 Å². The first-order valence-corrected chi connectivity index (χ1v) is 8.73. The summed E-state index contributed by atoms with van der Waals surface area (Å²) in [6, 6.07) is 5.33. The van der Waals surface area contributed by atoms with E-state index in [1.807, 2.05) is 21.0 Å². The van der Waals surface area contributed by atoms with Gasteiger partial charge in [-0.1, -0.05) is 13.0 Å². The predicted molar refractivity (Wildman–Crippen MR) is 82.6 cm³/mol. The zero-order valence-electron chi connectivity index (χ0n) is 12.9. The molecule has 1 N–H and O–H groups in total. The van der Waals surface area contributed by atoms with Crippen LogP contribution in [0.25, 0.3) is 0 Å². The molecule has 5 nitrogen and oxygen atoms in total. The van der Waals surface area contributed by atoms with Crippen LogP contribution in [0, 0.1) is 0 Å². The van der Waals surface area contributed by atoms with Gasteiger partial charge in [0.15, 0.2) is 0 Å². The maximum absolute atomic E-state index is 12.7. The first-order chi connectivity index (χ1) is 9.90. The number of nitrogens with zero attached hydrogens (tertiary/aromatic N) is 2. The quantitative estimate of drug-likeness (QED) is 0.883. The lowest BCUT2D eigenvalue weighted by Crippen LogP contribution is -2.34. The summed E-state index contributed by atoms with van der Waals surface area (Å²) in [5, 5.41) is 9.40. The monoisotopic (exact) mass is 312 g/mol. The highest BCUT2D eigenvalue weighted by Crippen LogP contribution is 2.24. The Morgan fingerprint density at radius 3 is 2.57 bits per heavy atom. The standard InChI is InChI=1S/C15H24N2O3S/c1-4-12-5-6-15(9-13(12)11-18)21(19,20)17-8-7-14(10-17)16(2)3/h5-6,9,14,18H,4,7-8,10-11H2,1-3H3. The van der Waals surface area contributed by atoms with Gasteiger partial charge in [0.25, 0.3) is 0 Å². The zero-order chi connectivity index (χ0) is 15.6. The van der Waals surface area contributed by atoms with Crippen LogP contribution in [0.2, 0.25) is 0 Å². The SMILES string of the molecule is CCc1ccc(S(=O)(=O)N2CCC(N(C)C)C2)cc1CO. The number of likely N-dealkylation sites (N-methyl/N-ethyl adjacent to an activating group) is 1. The summed E-state index contributed by atoms with van der Waals surface area (Å²) >= 11 is 0. The highest BCUT2D eigenvalue weighted by Gasteiger charge is 2.33. The minimum atomic E-state index is -3.47. The van der Waals surface area contributed by atoms with Crippen molar-refractivity contribution in [3.63, 3.8) is 0 Å². The molecule has 1 aromatic carbocycles. The van der Waals surface area contributed by atoms with E-state index in [-0.39, 0.29) is 17.5 Å². The number of aliphatic hydroxyl groups is 1. The third-order valence-electron chi connectivity index (χ3n) is 4.22. The summed E-state index contributed by atoms with van der Waals surface area (Å²) in [7, 11) is 0.479. The predicted octanol–water partition coefficient (Wildman–Crippen LogP) is 1.07. The van der Waals surface area contributed by atoms with E-state index in [1.54, 1.807) is 22.5 Å². The van der Waals surface area contributed by atoms with Crippen LogP contribution >= 0.6 is 0 Å². The average molecular weight is 312 g/mol. The van der Waals surface area contributed by atoms with Crippen LogP contribution in [0.3, 0.4) is 0 Å². The van der Waals surface area contributed by atoms with E-state index < -0.39 is 10.0 Å². The molecule has 0 radical (unpaired) electrons. The molecule has 1 heterocycles. The number of benzene rings is 1. The van der Waals surface area contributed by atoms with Crippen LogP contribution in [0.15, 0.2) is 23.1 Å². The molecule has 1 saturated heterocycles. The molecule has 21 heavy (non-hydrogen) atoms. The molecule has 0 bridgehead atoms. The zero-order valence-corrected chi connectivity index (χ0v) is 13.7. The minimum Gasteiger partial charge on any atom is -0.392 e. The summed E-state index contributed by atoms with van der Waals surface area (Å²) in [5.41, 5.74) is 1.69. The van der Waals surface area contributed by atoms with E-state index in [0.717, 1.165) is 18.4 Å². The normalized spacial score (nSPS) is 20.3. The summed E-state index contributed by atoms with van der Waals surface area (Å²) < 4.78 is 26.9. The Hall–Kier alpha value is -0.950. The number of hydrogen-bond acceptors (Lipinski definition) is 4. The molecule has 2 rings (SSSR count). The van der Waals surface area contributed by atoms with Gasteiger partial charge in [-0.3, -0.25) is 0 Å². The van der Waals surface area contributed by atoms with Crippen LogP contribution in [0.5, 0.6) is 0 Å². The molecule has 1 aromatic rings. The number of aliphatic hydroxyl groups excluding tert-OH is 1. The van der Waals surface area contributed by atoms with Crippen molar-refractivity contribution in [3.05, 3.63) is 29.3 Å². The average Bonchev–Trinajstić information content (AvgIpc) is 2.97. The fourth-order valence-electron chi connectivity index (χ4n) is 2.75. The van der Waals surface area contributed by atoms with Crippen LogP contribution in [-0.4, -0.2) is 56.0 Å². The Morgan fingerprint density at radius 2 is 2.05 bits per heavy atom. The molecule has 0 saturated carbocycles. The second kappa shape index (κ2) is 6.44. The molecule has 1 fully saturated rings. The Bertz CT molecular complexity index is 599. The van der Waals surface area contributed by atoms with Crippen molar-refractivity contribution in [2.45, 2.75) is 37.3 Å². The van der Waals surface area contributed by atoms with Crippen LogP contribution in [-0.2, 0) is 23.1 Å². The lowest BCUT2D eigenvalue weighted by Gasteiger charge is -2.20. The molecule has 1 unspecified atom stereocenters. The van der Waals surface area contributed by atoms with Crippen molar-refractivity contribution in [2.75, 3.05) is 27.2 Å². The molecule has 0 amide bonds. The molecule has 1 atom stereocenters. The van der Waals surface area contributed by atoms with Crippen molar-refractivity contribution < 1.29 is 13.5 Å². The second-order valence-electron chi connectivity index (χ2n) is 5.71. The van der Waals surface area contributed by atoms with Gasteiger partial charge in [-0.25, -0.2) is 8.42 Å². The molecule has 118 valence electrons. The fraction of sp³-hybridized carbons (Fsp3) is 0.600. The first kappa shape index (κ1) is 16.4. The van der Waals surface area contributed by atoms with E-state index in [4.69, 9.17) is 0 Å². The Kier molecular flexibility index (Phi) is 5.03. The minimum absolute atomic E-state index is 0.132. The van der Waals surface area contributed by atoms with Crippen molar-refractivity contribution in [1.82, 2.24) is 9.21 Å². The Labute approximate surface area is 127 Å². The van der Waals surface area contributed by atoms with Gasteiger partial charge in [0.1, 0.15) is 0 Å². The number of rotatable bonds is 5. The molecule has 1 aliphatic rings. The number of hydrogen-bond donors (Lipinski definition) is 1. The molecule has 0 spiro atoms. The van der Waals surface area contributed by atoms with E-state index in [9.17, 15) is 13.5 Å². The molecule has 1 aliphatic heterocycles. The van der Waals surface area contributed by atoms with E-state index in [2.05, 4.69) is 4.90 Å². The van der Waals surface area contributed by atoms with Crippen molar-refractivity contribution >= 4 is 10.0 Å². The van der Waals surface area contributed by atoms with E-state index in [1.165, 1.54) is 0 Å². The van der Waals surface area contributed by atoms with E-state index >= 15 is 0 Å². The number of aryl methyl sites for hydroxylation is 1. The molecule has 0 aliphatic carbocycles. The summed E-state index contributed by atoms with van der Waals surface area (Å²) in [6.07, 6.45) is 1.63. The van der Waals surface area contributed by atoms with Crippen LogP contribution in [0.4, 0.5) is 0 Å². The highest BCUT2D eigenvalue weighted by atomic mass is 32.2. The third-order valence-corrected chi connectivity index (χ3v) is 6.08. The third kappa shape index (κ3) is 3.29. The number of sulfonamides is 1.